The van der Waals surface area contributed by atoms with E-state index < -0.39 is 0 Å². The van der Waals surface area contributed by atoms with E-state index in [0.717, 1.165) is 47.7 Å². The number of benzene rings is 1. The number of carbonyl (C=O) groups excluding carboxylic acids is 1. The molecule has 5 rings (SSSR count). The molecule has 156 valence electrons. The quantitative estimate of drug-likeness (QED) is 0.600. The zero-order valence-electron chi connectivity index (χ0n) is 17.3. The summed E-state index contributed by atoms with van der Waals surface area (Å²) in [6.45, 7) is 3.67. The lowest BCUT2D eigenvalue weighted by Crippen LogP contribution is -2.47. The lowest BCUT2D eigenvalue weighted by Gasteiger charge is -2.56. The Kier molecular flexibility index (Phi) is 6.93. The number of amides is 1. The molecule has 1 aromatic carbocycles. The van der Waals surface area contributed by atoms with Gasteiger partial charge in [-0.25, -0.2) is 0 Å². The van der Waals surface area contributed by atoms with Gasteiger partial charge in [0, 0.05) is 17.7 Å². The van der Waals surface area contributed by atoms with Crippen LogP contribution < -0.4 is 15.4 Å². The molecule has 0 radical (unpaired) electrons. The molecule has 4 aliphatic rings. The van der Waals surface area contributed by atoms with Gasteiger partial charge in [-0.05, 0) is 101 Å². The molecule has 0 atom stereocenters. The first-order valence-corrected chi connectivity index (χ1v) is 10.7. The minimum atomic E-state index is 0. The number of hydrogen-bond acceptors (Lipinski definition) is 3. The molecule has 4 aliphatic carbocycles. The Morgan fingerprint density at radius 3 is 2.39 bits per heavy atom. The fourth-order valence-corrected chi connectivity index (χ4v) is 6.38. The van der Waals surface area contributed by atoms with Crippen molar-refractivity contribution in [3.8, 4) is 5.75 Å². The first-order valence-electron chi connectivity index (χ1n) is 10.7. The van der Waals surface area contributed by atoms with Crippen molar-refractivity contribution >= 4 is 24.0 Å². The number of carbonyl (C=O) groups is 1. The number of ether oxygens (including phenoxy) is 1. The zero-order valence-corrected chi connectivity index (χ0v) is 18.1. The van der Waals surface area contributed by atoms with E-state index in [1.807, 2.05) is 32.2 Å². The second kappa shape index (κ2) is 9.04. The van der Waals surface area contributed by atoms with Crippen molar-refractivity contribution in [2.75, 3.05) is 25.5 Å². The standard InChI is InChI=1S/C23H34N2O2.ClH/c1-16-20(5-3-6-21(16)27-8-4-7-24-2)25-22(26)15-23-12-17-9-18(13-23)11-19(10-17)14-23;/h3,5-6,17-19,24H,4,7-15H2,1-2H3,(H,25,26);1H. The maximum absolute atomic E-state index is 12.9. The molecule has 4 nitrogen and oxygen atoms in total. The summed E-state index contributed by atoms with van der Waals surface area (Å²) in [7, 11) is 1.95. The van der Waals surface area contributed by atoms with Crippen molar-refractivity contribution < 1.29 is 9.53 Å². The Balaban J connectivity index is 0.00000225. The normalized spacial score (nSPS) is 30.0. The predicted molar refractivity (Wildman–Crippen MR) is 116 cm³/mol. The van der Waals surface area contributed by atoms with E-state index in [1.54, 1.807) is 0 Å². The molecule has 0 unspecified atom stereocenters. The Morgan fingerprint density at radius 2 is 1.79 bits per heavy atom. The van der Waals surface area contributed by atoms with Gasteiger partial charge in [0.2, 0.25) is 5.91 Å². The molecular weight excluding hydrogens is 372 g/mol. The van der Waals surface area contributed by atoms with Crippen LogP contribution in [0.2, 0.25) is 0 Å². The summed E-state index contributed by atoms with van der Waals surface area (Å²) < 4.78 is 5.90. The Hall–Kier alpha value is -1.26. The number of rotatable bonds is 8. The highest BCUT2D eigenvalue weighted by Crippen LogP contribution is 2.61. The summed E-state index contributed by atoms with van der Waals surface area (Å²) in [4.78, 5) is 12.9. The molecule has 0 saturated heterocycles. The van der Waals surface area contributed by atoms with Gasteiger partial charge in [-0.1, -0.05) is 6.07 Å². The predicted octanol–water partition coefficient (Wildman–Crippen LogP) is 4.95. The van der Waals surface area contributed by atoms with E-state index in [0.29, 0.717) is 13.0 Å². The molecule has 4 fully saturated rings. The number of hydrogen-bond donors (Lipinski definition) is 2. The van der Waals surface area contributed by atoms with Crippen LogP contribution in [0.25, 0.3) is 0 Å². The minimum absolute atomic E-state index is 0. The Morgan fingerprint density at radius 1 is 1.14 bits per heavy atom. The van der Waals surface area contributed by atoms with Gasteiger partial charge < -0.3 is 15.4 Å². The van der Waals surface area contributed by atoms with Crippen LogP contribution in [0.3, 0.4) is 0 Å². The topological polar surface area (TPSA) is 50.4 Å². The first kappa shape index (κ1) is 21.4. The van der Waals surface area contributed by atoms with Gasteiger partial charge >= 0.3 is 0 Å². The number of halogens is 1. The average Bonchev–Trinajstić information content (AvgIpc) is 2.60. The van der Waals surface area contributed by atoms with Crippen molar-refractivity contribution in [3.63, 3.8) is 0 Å². The lowest BCUT2D eigenvalue weighted by atomic mass is 9.49. The summed E-state index contributed by atoms with van der Waals surface area (Å²) in [5, 5.41) is 6.33. The van der Waals surface area contributed by atoms with Crippen LogP contribution in [0.1, 0.15) is 56.9 Å². The molecule has 4 saturated carbocycles. The van der Waals surface area contributed by atoms with E-state index in [1.165, 1.54) is 38.5 Å². The summed E-state index contributed by atoms with van der Waals surface area (Å²) in [5.74, 6) is 3.73. The molecule has 28 heavy (non-hydrogen) atoms. The van der Waals surface area contributed by atoms with Crippen LogP contribution >= 0.6 is 12.4 Å². The van der Waals surface area contributed by atoms with Crippen molar-refractivity contribution in [3.05, 3.63) is 23.8 Å². The average molecular weight is 407 g/mol. The van der Waals surface area contributed by atoms with Gasteiger partial charge in [-0.2, -0.15) is 0 Å². The van der Waals surface area contributed by atoms with Gasteiger partial charge in [0.25, 0.3) is 0 Å². The first-order chi connectivity index (χ1) is 13.1. The second-order valence-corrected chi connectivity index (χ2v) is 9.38. The summed E-state index contributed by atoms with van der Waals surface area (Å²) in [5.41, 5.74) is 2.21. The molecule has 2 N–H and O–H groups in total. The highest BCUT2D eigenvalue weighted by Gasteiger charge is 2.51. The molecule has 0 aromatic heterocycles. The van der Waals surface area contributed by atoms with Gasteiger partial charge in [0.05, 0.1) is 6.61 Å². The lowest BCUT2D eigenvalue weighted by molar-refractivity contribution is -0.124. The third kappa shape index (κ3) is 4.65. The van der Waals surface area contributed by atoms with Crippen molar-refractivity contribution in [1.82, 2.24) is 5.32 Å². The fourth-order valence-electron chi connectivity index (χ4n) is 6.38. The van der Waals surface area contributed by atoms with Gasteiger partial charge in [0.1, 0.15) is 5.75 Å². The Labute approximate surface area is 175 Å². The molecule has 1 amide bonds. The third-order valence-corrected chi connectivity index (χ3v) is 7.09. The smallest absolute Gasteiger partial charge is 0.224 e. The van der Waals surface area contributed by atoms with Crippen LogP contribution in [0.15, 0.2) is 18.2 Å². The van der Waals surface area contributed by atoms with Crippen molar-refractivity contribution in [1.29, 1.82) is 0 Å². The number of nitrogens with one attached hydrogen (secondary N) is 2. The van der Waals surface area contributed by atoms with Gasteiger partial charge in [-0.3, -0.25) is 4.79 Å². The molecule has 5 heteroatoms. The largest absolute Gasteiger partial charge is 0.493 e. The highest BCUT2D eigenvalue weighted by atomic mass is 35.5. The van der Waals surface area contributed by atoms with Crippen molar-refractivity contribution in [2.24, 2.45) is 23.2 Å². The van der Waals surface area contributed by atoms with Gasteiger partial charge in [0.15, 0.2) is 0 Å². The molecule has 0 spiro atoms. The minimum Gasteiger partial charge on any atom is -0.493 e. The molecule has 0 heterocycles. The molecule has 0 aliphatic heterocycles. The van der Waals surface area contributed by atoms with Crippen LogP contribution in [0.4, 0.5) is 5.69 Å². The Bertz CT molecular complexity index is 656. The van der Waals surface area contributed by atoms with Crippen LogP contribution in [0, 0.1) is 30.1 Å². The van der Waals surface area contributed by atoms with E-state index in [2.05, 4.69) is 10.6 Å². The van der Waals surface area contributed by atoms with Gasteiger partial charge in [-0.15, -0.1) is 12.4 Å². The molecule has 1 aromatic rings. The SMILES string of the molecule is CNCCCOc1cccc(NC(=O)CC23CC4CC(CC(C4)C2)C3)c1C.Cl. The zero-order chi connectivity index (χ0) is 18.9. The summed E-state index contributed by atoms with van der Waals surface area (Å²) in [6, 6.07) is 5.96. The highest BCUT2D eigenvalue weighted by molar-refractivity contribution is 5.92. The van der Waals surface area contributed by atoms with E-state index >= 15 is 0 Å². The summed E-state index contributed by atoms with van der Waals surface area (Å²) >= 11 is 0. The van der Waals surface area contributed by atoms with Crippen molar-refractivity contribution in [2.45, 2.75) is 58.3 Å². The maximum Gasteiger partial charge on any atom is 0.224 e. The van der Waals surface area contributed by atoms with E-state index in [9.17, 15) is 4.79 Å². The van der Waals surface area contributed by atoms with Crippen LogP contribution in [0.5, 0.6) is 5.75 Å². The monoisotopic (exact) mass is 406 g/mol. The van der Waals surface area contributed by atoms with Crippen LogP contribution in [-0.4, -0.2) is 26.1 Å². The fraction of sp³-hybridized carbons (Fsp3) is 0.696. The second-order valence-electron chi connectivity index (χ2n) is 9.38. The summed E-state index contributed by atoms with van der Waals surface area (Å²) in [6.07, 6.45) is 9.77. The molecular formula is C23H35ClN2O2. The number of anilines is 1. The third-order valence-electron chi connectivity index (χ3n) is 7.09. The molecule has 4 bridgehead atoms. The van der Waals surface area contributed by atoms with Crippen LogP contribution in [-0.2, 0) is 4.79 Å². The maximum atomic E-state index is 12.9. The van der Waals surface area contributed by atoms with E-state index in [-0.39, 0.29) is 23.7 Å². The van der Waals surface area contributed by atoms with E-state index in [4.69, 9.17) is 4.74 Å².